The first kappa shape index (κ1) is 21.2. The summed E-state index contributed by atoms with van der Waals surface area (Å²) in [6, 6.07) is 9.19. The predicted octanol–water partition coefficient (Wildman–Crippen LogP) is 3.48. The average Bonchev–Trinajstić information content (AvgIpc) is 3.26. The number of nitrogens with zero attached hydrogens (tertiary/aromatic N) is 6. The number of methoxy groups -OCH3 is 1. The minimum Gasteiger partial charge on any atom is -0.497 e. The third-order valence-corrected chi connectivity index (χ3v) is 6.61. The maximum absolute atomic E-state index is 5.38. The zero-order chi connectivity index (χ0) is 21.1. The highest BCUT2D eigenvalue weighted by molar-refractivity contribution is 5.32. The SMILES string of the molecule is COc1ccc([C@@H](c2nnnn2C(C)(C)C)N2CCN(C3CCCCC3)CC2)cc1. The second-order valence-electron chi connectivity index (χ2n) is 9.66. The zero-order valence-corrected chi connectivity index (χ0v) is 18.9. The van der Waals surface area contributed by atoms with Gasteiger partial charge in [0.25, 0.3) is 0 Å². The number of hydrogen-bond donors (Lipinski definition) is 0. The van der Waals surface area contributed by atoms with Gasteiger partial charge in [0.1, 0.15) is 5.75 Å². The number of benzene rings is 1. The highest BCUT2D eigenvalue weighted by atomic mass is 16.5. The van der Waals surface area contributed by atoms with Crippen molar-refractivity contribution < 1.29 is 4.74 Å². The monoisotopic (exact) mass is 412 g/mol. The molecule has 0 radical (unpaired) electrons. The molecule has 0 spiro atoms. The lowest BCUT2D eigenvalue weighted by Gasteiger charge is -2.43. The molecule has 7 heteroatoms. The van der Waals surface area contributed by atoms with Crippen LogP contribution in [-0.4, -0.2) is 69.3 Å². The van der Waals surface area contributed by atoms with Crippen molar-refractivity contribution in [3.05, 3.63) is 35.7 Å². The van der Waals surface area contributed by atoms with Crippen LogP contribution in [0.2, 0.25) is 0 Å². The Labute approximate surface area is 180 Å². The van der Waals surface area contributed by atoms with Gasteiger partial charge < -0.3 is 4.74 Å². The van der Waals surface area contributed by atoms with Crippen LogP contribution in [0.25, 0.3) is 0 Å². The van der Waals surface area contributed by atoms with Crippen molar-refractivity contribution in [2.45, 2.75) is 70.5 Å². The van der Waals surface area contributed by atoms with Crippen molar-refractivity contribution >= 4 is 0 Å². The molecule has 7 nitrogen and oxygen atoms in total. The molecule has 30 heavy (non-hydrogen) atoms. The fourth-order valence-electron chi connectivity index (χ4n) is 4.96. The van der Waals surface area contributed by atoms with Crippen molar-refractivity contribution in [1.82, 2.24) is 30.0 Å². The largest absolute Gasteiger partial charge is 0.497 e. The first-order valence-corrected chi connectivity index (χ1v) is 11.4. The highest BCUT2D eigenvalue weighted by Crippen LogP contribution is 2.32. The molecule has 1 atom stereocenters. The van der Waals surface area contributed by atoms with Crippen LogP contribution in [0.3, 0.4) is 0 Å². The number of tetrazole rings is 1. The molecule has 1 aliphatic heterocycles. The van der Waals surface area contributed by atoms with Gasteiger partial charge in [-0.3, -0.25) is 9.80 Å². The van der Waals surface area contributed by atoms with E-state index in [1.54, 1.807) is 7.11 Å². The Bertz CT molecular complexity index is 798. The average molecular weight is 413 g/mol. The smallest absolute Gasteiger partial charge is 0.173 e. The summed E-state index contributed by atoms with van der Waals surface area (Å²) in [7, 11) is 1.71. The van der Waals surface area contributed by atoms with Gasteiger partial charge in [-0.05, 0) is 61.7 Å². The van der Waals surface area contributed by atoms with E-state index in [0.717, 1.165) is 43.8 Å². The van der Waals surface area contributed by atoms with Gasteiger partial charge in [0, 0.05) is 32.2 Å². The second-order valence-corrected chi connectivity index (χ2v) is 9.66. The summed E-state index contributed by atoms with van der Waals surface area (Å²) in [5.41, 5.74) is 1.04. The molecule has 1 aromatic heterocycles. The van der Waals surface area contributed by atoms with Crippen LogP contribution in [-0.2, 0) is 5.54 Å². The number of rotatable bonds is 5. The quantitative estimate of drug-likeness (QED) is 0.749. The van der Waals surface area contributed by atoms with Crippen LogP contribution < -0.4 is 4.74 Å². The minimum absolute atomic E-state index is 0.0404. The van der Waals surface area contributed by atoms with Crippen molar-refractivity contribution in [2.24, 2.45) is 0 Å². The molecule has 0 amide bonds. The zero-order valence-electron chi connectivity index (χ0n) is 18.9. The summed E-state index contributed by atoms with van der Waals surface area (Å²) >= 11 is 0. The molecule has 0 bridgehead atoms. The lowest BCUT2D eigenvalue weighted by atomic mass is 9.93. The van der Waals surface area contributed by atoms with Crippen LogP contribution in [0.4, 0.5) is 0 Å². The maximum atomic E-state index is 5.38. The fraction of sp³-hybridized carbons (Fsp3) is 0.696. The van der Waals surface area contributed by atoms with E-state index in [4.69, 9.17) is 4.74 Å². The molecule has 1 saturated heterocycles. The minimum atomic E-state index is -0.173. The van der Waals surface area contributed by atoms with Crippen LogP contribution in [0.5, 0.6) is 5.75 Å². The second kappa shape index (κ2) is 9.02. The third kappa shape index (κ3) is 4.52. The van der Waals surface area contributed by atoms with Gasteiger partial charge in [0.2, 0.25) is 0 Å². The summed E-state index contributed by atoms with van der Waals surface area (Å²) in [6.07, 6.45) is 6.92. The Hall–Kier alpha value is -1.99. The Morgan fingerprint density at radius 3 is 2.23 bits per heavy atom. The van der Waals surface area contributed by atoms with Gasteiger partial charge in [-0.25, -0.2) is 4.68 Å². The van der Waals surface area contributed by atoms with Crippen LogP contribution in [0.1, 0.15) is 70.3 Å². The molecular formula is C23H36N6O. The molecule has 1 aromatic carbocycles. The molecule has 2 heterocycles. The standard InChI is InChI=1S/C23H36N6O/c1-23(2,3)29-22(24-25-26-29)21(18-10-12-20(30-4)13-11-18)28-16-14-27(15-17-28)19-8-6-5-7-9-19/h10-13,19,21H,5-9,14-17H2,1-4H3/t21-/m0/s1. The third-order valence-electron chi connectivity index (χ3n) is 6.61. The molecule has 1 saturated carbocycles. The molecule has 0 N–H and O–H groups in total. The number of hydrogen-bond acceptors (Lipinski definition) is 6. The summed E-state index contributed by atoms with van der Waals surface area (Å²) in [4.78, 5) is 5.27. The van der Waals surface area contributed by atoms with E-state index in [-0.39, 0.29) is 11.6 Å². The molecular weight excluding hydrogens is 376 g/mol. The molecule has 4 rings (SSSR count). The Morgan fingerprint density at radius 2 is 1.63 bits per heavy atom. The van der Waals surface area contributed by atoms with E-state index in [2.05, 4.69) is 58.2 Å². The predicted molar refractivity (Wildman–Crippen MR) is 118 cm³/mol. The van der Waals surface area contributed by atoms with Gasteiger partial charge in [-0.1, -0.05) is 31.4 Å². The molecule has 2 aliphatic rings. The van der Waals surface area contributed by atoms with E-state index in [1.807, 2.05) is 16.8 Å². The normalized spacial score (nSPS) is 20.9. The van der Waals surface area contributed by atoms with Gasteiger partial charge in [0.05, 0.1) is 18.7 Å². The molecule has 2 aromatic rings. The van der Waals surface area contributed by atoms with E-state index < -0.39 is 0 Å². The lowest BCUT2D eigenvalue weighted by Crippen LogP contribution is -2.52. The van der Waals surface area contributed by atoms with Gasteiger partial charge >= 0.3 is 0 Å². The maximum Gasteiger partial charge on any atom is 0.173 e. The number of aromatic nitrogens is 4. The Morgan fingerprint density at radius 1 is 0.967 bits per heavy atom. The van der Waals surface area contributed by atoms with Crippen LogP contribution >= 0.6 is 0 Å². The Balaban J connectivity index is 1.59. The van der Waals surface area contributed by atoms with Crippen LogP contribution in [0.15, 0.2) is 24.3 Å². The topological polar surface area (TPSA) is 59.3 Å². The van der Waals surface area contributed by atoms with E-state index in [1.165, 1.54) is 37.7 Å². The van der Waals surface area contributed by atoms with Crippen molar-refractivity contribution in [2.75, 3.05) is 33.3 Å². The first-order chi connectivity index (χ1) is 14.5. The van der Waals surface area contributed by atoms with Crippen LogP contribution in [0, 0.1) is 0 Å². The van der Waals surface area contributed by atoms with Crippen molar-refractivity contribution in [1.29, 1.82) is 0 Å². The van der Waals surface area contributed by atoms with Crippen molar-refractivity contribution in [3.63, 3.8) is 0 Å². The summed E-state index contributed by atoms with van der Waals surface area (Å²) in [5.74, 6) is 1.79. The summed E-state index contributed by atoms with van der Waals surface area (Å²) in [6.45, 7) is 10.8. The van der Waals surface area contributed by atoms with Gasteiger partial charge in [0.15, 0.2) is 5.82 Å². The number of ether oxygens (including phenoxy) is 1. The summed E-state index contributed by atoms with van der Waals surface area (Å²) in [5, 5.41) is 12.9. The molecule has 164 valence electrons. The van der Waals surface area contributed by atoms with E-state index in [9.17, 15) is 0 Å². The summed E-state index contributed by atoms with van der Waals surface area (Å²) < 4.78 is 7.36. The Kier molecular flexibility index (Phi) is 6.39. The van der Waals surface area contributed by atoms with Gasteiger partial charge in [-0.2, -0.15) is 0 Å². The highest BCUT2D eigenvalue weighted by Gasteiger charge is 2.34. The molecule has 1 aliphatic carbocycles. The molecule has 2 fully saturated rings. The molecule has 0 unspecified atom stereocenters. The van der Waals surface area contributed by atoms with Crippen molar-refractivity contribution in [3.8, 4) is 5.75 Å². The lowest BCUT2D eigenvalue weighted by molar-refractivity contribution is 0.0609. The number of piperazine rings is 1. The first-order valence-electron chi connectivity index (χ1n) is 11.4. The fourth-order valence-corrected chi connectivity index (χ4v) is 4.96. The van der Waals surface area contributed by atoms with E-state index >= 15 is 0 Å². The van der Waals surface area contributed by atoms with E-state index in [0.29, 0.717) is 0 Å². The van der Waals surface area contributed by atoms with Gasteiger partial charge in [-0.15, -0.1) is 5.10 Å².